The van der Waals surface area contributed by atoms with E-state index in [1.165, 1.54) is 12.1 Å². The molecule has 0 spiro atoms. The van der Waals surface area contributed by atoms with E-state index >= 15 is 0 Å². The van der Waals surface area contributed by atoms with Crippen LogP contribution in [0.1, 0.15) is 11.1 Å². The van der Waals surface area contributed by atoms with Gasteiger partial charge in [0.25, 0.3) is 0 Å². The molecule has 11 heteroatoms. The molecule has 0 saturated carbocycles. The first-order valence-corrected chi connectivity index (χ1v) is 10.5. The summed E-state index contributed by atoms with van der Waals surface area (Å²) in [6.07, 6.45) is 0.0213. The Labute approximate surface area is 196 Å². The number of amides is 3. The van der Waals surface area contributed by atoms with Gasteiger partial charge in [0.15, 0.2) is 0 Å². The minimum absolute atomic E-state index is 0.00401. The summed E-state index contributed by atoms with van der Waals surface area (Å²) in [5.74, 6) is -3.54. The van der Waals surface area contributed by atoms with Gasteiger partial charge in [-0.1, -0.05) is 42.5 Å². The van der Waals surface area contributed by atoms with Crippen LogP contribution in [-0.2, 0) is 32.0 Å². The largest absolute Gasteiger partial charge is 0.508 e. The maximum atomic E-state index is 12.8. The van der Waals surface area contributed by atoms with Crippen molar-refractivity contribution in [1.82, 2.24) is 16.0 Å². The van der Waals surface area contributed by atoms with Crippen LogP contribution in [0.4, 0.5) is 0 Å². The van der Waals surface area contributed by atoms with Gasteiger partial charge >= 0.3 is 5.97 Å². The summed E-state index contributed by atoms with van der Waals surface area (Å²) in [6, 6.07) is 10.7. The highest BCUT2D eigenvalue weighted by Crippen LogP contribution is 2.12. The number of aliphatic carboxylic acids is 1. The zero-order chi connectivity index (χ0) is 25.1. The summed E-state index contributed by atoms with van der Waals surface area (Å²) in [4.78, 5) is 48.9. The number of nitrogens with one attached hydrogen (secondary N) is 3. The Morgan fingerprint density at radius 1 is 0.765 bits per heavy atom. The lowest BCUT2D eigenvalue weighted by Crippen LogP contribution is -2.58. The van der Waals surface area contributed by atoms with Gasteiger partial charge in [0, 0.05) is 12.8 Å². The smallest absolute Gasteiger partial charge is 0.326 e. The van der Waals surface area contributed by atoms with Gasteiger partial charge in [-0.15, -0.1) is 0 Å². The molecule has 0 aliphatic rings. The first-order chi connectivity index (χ1) is 16.2. The topological polar surface area (TPSA) is 191 Å². The number of carbonyl (C=O) groups excluding carboxylic acids is 3. The van der Waals surface area contributed by atoms with Gasteiger partial charge in [-0.2, -0.15) is 0 Å². The molecule has 2 aromatic carbocycles. The van der Waals surface area contributed by atoms with Crippen LogP contribution in [0.15, 0.2) is 54.6 Å². The van der Waals surface area contributed by atoms with Crippen molar-refractivity contribution in [1.29, 1.82) is 0 Å². The third kappa shape index (κ3) is 8.19. The molecular weight excluding hydrogens is 444 g/mol. The predicted molar refractivity (Wildman–Crippen MR) is 122 cm³/mol. The fourth-order valence-electron chi connectivity index (χ4n) is 3.12. The summed E-state index contributed by atoms with van der Waals surface area (Å²) >= 11 is 0. The van der Waals surface area contributed by atoms with Crippen molar-refractivity contribution in [2.75, 3.05) is 13.2 Å². The van der Waals surface area contributed by atoms with E-state index in [-0.39, 0.29) is 25.1 Å². The number of phenolic OH excluding ortho intramolecular Hbond substituents is 1. The summed E-state index contributed by atoms with van der Waals surface area (Å²) in [6.45, 7) is -1.17. The van der Waals surface area contributed by atoms with E-state index in [1.54, 1.807) is 42.5 Å². The lowest BCUT2D eigenvalue weighted by molar-refractivity contribution is -0.142. The molecule has 2 aromatic rings. The molecule has 0 fully saturated rings. The van der Waals surface area contributed by atoms with E-state index in [0.29, 0.717) is 11.1 Å². The lowest BCUT2D eigenvalue weighted by atomic mass is 10.0. The standard InChI is InChI=1S/C23H28N4O7/c24-12-20(30)25-17(10-15-6-8-16(29)9-7-15)21(31)27-19(13-28)22(32)26-18(23(33)34)11-14-4-2-1-3-5-14/h1-9,17-19,28-29H,10-13,24H2,(H,25,30)(H,26,32)(H,27,31)(H,33,34). The summed E-state index contributed by atoms with van der Waals surface area (Å²) in [5.41, 5.74) is 6.60. The van der Waals surface area contributed by atoms with Crippen molar-refractivity contribution < 1.29 is 34.5 Å². The second-order valence-electron chi connectivity index (χ2n) is 7.53. The highest BCUT2D eigenvalue weighted by atomic mass is 16.4. The molecule has 0 aliphatic carbocycles. The van der Waals surface area contributed by atoms with Crippen molar-refractivity contribution in [3.05, 3.63) is 65.7 Å². The summed E-state index contributed by atoms with van der Waals surface area (Å²) < 4.78 is 0. The second kappa shape index (κ2) is 12.9. The van der Waals surface area contributed by atoms with Gasteiger partial charge < -0.3 is 37.0 Å². The van der Waals surface area contributed by atoms with E-state index in [2.05, 4.69) is 16.0 Å². The van der Waals surface area contributed by atoms with E-state index in [0.717, 1.165) is 0 Å². The SMILES string of the molecule is NCC(=O)NC(Cc1ccc(O)cc1)C(=O)NC(CO)C(=O)NC(Cc1ccccc1)C(=O)O. The molecule has 11 nitrogen and oxygen atoms in total. The van der Waals surface area contributed by atoms with E-state index in [9.17, 15) is 34.5 Å². The number of aromatic hydroxyl groups is 1. The fourth-order valence-corrected chi connectivity index (χ4v) is 3.12. The Kier molecular flexibility index (Phi) is 9.99. The quantitative estimate of drug-likeness (QED) is 0.197. The number of carboxylic acid groups (broad SMARTS) is 1. The second-order valence-corrected chi connectivity index (χ2v) is 7.53. The number of aliphatic hydroxyl groups is 1. The maximum Gasteiger partial charge on any atom is 0.326 e. The van der Waals surface area contributed by atoms with Gasteiger partial charge in [-0.25, -0.2) is 4.79 Å². The van der Waals surface area contributed by atoms with Crippen molar-refractivity contribution in [3.63, 3.8) is 0 Å². The van der Waals surface area contributed by atoms with Crippen LogP contribution >= 0.6 is 0 Å². The number of aliphatic hydroxyl groups excluding tert-OH is 1. The van der Waals surface area contributed by atoms with Crippen molar-refractivity contribution in [2.24, 2.45) is 5.73 Å². The van der Waals surface area contributed by atoms with Crippen LogP contribution < -0.4 is 21.7 Å². The Hall–Kier alpha value is -3.96. The number of nitrogens with two attached hydrogens (primary N) is 1. The number of hydrogen-bond donors (Lipinski definition) is 7. The molecule has 0 heterocycles. The lowest BCUT2D eigenvalue weighted by Gasteiger charge is -2.23. The third-order valence-electron chi connectivity index (χ3n) is 4.93. The van der Waals surface area contributed by atoms with Gasteiger partial charge in [0.2, 0.25) is 17.7 Å². The van der Waals surface area contributed by atoms with Crippen LogP contribution in [-0.4, -0.2) is 70.3 Å². The number of benzene rings is 2. The average molecular weight is 472 g/mol. The Morgan fingerprint density at radius 2 is 1.29 bits per heavy atom. The summed E-state index contributed by atoms with van der Waals surface area (Å²) in [7, 11) is 0. The number of hydrogen-bond acceptors (Lipinski definition) is 7. The predicted octanol–water partition coefficient (Wildman–Crippen LogP) is -1.33. The van der Waals surface area contributed by atoms with Gasteiger partial charge in [0.1, 0.15) is 23.9 Å². The first-order valence-electron chi connectivity index (χ1n) is 10.5. The third-order valence-corrected chi connectivity index (χ3v) is 4.93. The van der Waals surface area contributed by atoms with Crippen molar-refractivity contribution >= 4 is 23.7 Å². The molecule has 34 heavy (non-hydrogen) atoms. The zero-order valence-electron chi connectivity index (χ0n) is 18.3. The van der Waals surface area contributed by atoms with Crippen LogP contribution in [0.5, 0.6) is 5.75 Å². The van der Waals surface area contributed by atoms with Gasteiger partial charge in [0.05, 0.1) is 13.2 Å². The first kappa shape index (κ1) is 26.3. The molecule has 0 bridgehead atoms. The molecule has 0 radical (unpaired) electrons. The number of carboxylic acids is 1. The molecule has 0 aromatic heterocycles. The van der Waals surface area contributed by atoms with E-state index < -0.39 is 48.4 Å². The normalized spacial score (nSPS) is 13.2. The molecule has 0 aliphatic heterocycles. The number of phenols is 1. The molecule has 3 amide bonds. The monoisotopic (exact) mass is 472 g/mol. The zero-order valence-corrected chi connectivity index (χ0v) is 18.3. The molecule has 0 saturated heterocycles. The van der Waals surface area contributed by atoms with E-state index in [4.69, 9.17) is 5.73 Å². The minimum atomic E-state index is -1.46. The van der Waals surface area contributed by atoms with Crippen molar-refractivity contribution in [3.8, 4) is 5.75 Å². The van der Waals surface area contributed by atoms with Gasteiger partial charge in [-0.3, -0.25) is 14.4 Å². The highest BCUT2D eigenvalue weighted by molar-refractivity contribution is 5.93. The molecule has 182 valence electrons. The highest BCUT2D eigenvalue weighted by Gasteiger charge is 2.29. The molecule has 2 rings (SSSR count). The Bertz CT molecular complexity index is 983. The van der Waals surface area contributed by atoms with Crippen LogP contribution in [0.3, 0.4) is 0 Å². The average Bonchev–Trinajstić information content (AvgIpc) is 2.83. The van der Waals surface area contributed by atoms with Gasteiger partial charge in [-0.05, 0) is 23.3 Å². The van der Waals surface area contributed by atoms with Crippen LogP contribution in [0.2, 0.25) is 0 Å². The number of carbonyl (C=O) groups is 4. The van der Waals surface area contributed by atoms with Crippen LogP contribution in [0, 0.1) is 0 Å². The molecule has 3 atom stereocenters. The van der Waals surface area contributed by atoms with Crippen LogP contribution in [0.25, 0.3) is 0 Å². The van der Waals surface area contributed by atoms with Crippen molar-refractivity contribution in [2.45, 2.75) is 31.0 Å². The molecular formula is C23H28N4O7. The molecule has 8 N–H and O–H groups in total. The Morgan fingerprint density at radius 3 is 1.85 bits per heavy atom. The fraction of sp³-hybridized carbons (Fsp3) is 0.304. The molecule has 3 unspecified atom stereocenters. The summed E-state index contributed by atoms with van der Waals surface area (Å²) in [5, 5.41) is 35.7. The van der Waals surface area contributed by atoms with E-state index in [1.807, 2.05) is 0 Å². The minimum Gasteiger partial charge on any atom is -0.508 e. The maximum absolute atomic E-state index is 12.8. The number of rotatable bonds is 12. The Balaban J connectivity index is 2.09.